The Morgan fingerprint density at radius 2 is 2.03 bits per heavy atom. The molecular formula is C21H14FN5O3S. The van der Waals surface area contributed by atoms with E-state index in [1.165, 1.54) is 34.2 Å². The van der Waals surface area contributed by atoms with Crippen molar-refractivity contribution in [2.75, 3.05) is 17.7 Å². The minimum Gasteiger partial charge on any atom is -0.497 e. The molecule has 1 spiro atoms. The number of nitrogens with zero attached hydrogens (tertiary/aromatic N) is 3. The molecule has 0 bridgehead atoms. The monoisotopic (exact) mass is 435 g/mol. The summed E-state index contributed by atoms with van der Waals surface area (Å²) in [4.78, 5) is 30.4. The Bertz CT molecular complexity index is 1430. The molecular weight excluding hydrogens is 421 g/mol. The van der Waals surface area contributed by atoms with Gasteiger partial charge in [0.1, 0.15) is 22.8 Å². The number of hydrogen-bond donors (Lipinski definition) is 2. The van der Waals surface area contributed by atoms with Crippen molar-refractivity contribution >= 4 is 44.9 Å². The van der Waals surface area contributed by atoms with Gasteiger partial charge >= 0.3 is 0 Å². The lowest BCUT2D eigenvalue weighted by Gasteiger charge is -2.31. The summed E-state index contributed by atoms with van der Waals surface area (Å²) >= 11 is 1.38. The van der Waals surface area contributed by atoms with Gasteiger partial charge in [0.05, 0.1) is 23.5 Å². The van der Waals surface area contributed by atoms with Crippen molar-refractivity contribution in [1.82, 2.24) is 14.8 Å². The number of carbonyl (C=O) groups excluding carboxylic acids is 2. The molecule has 0 fully saturated rings. The molecule has 0 saturated carbocycles. The van der Waals surface area contributed by atoms with E-state index in [0.717, 1.165) is 10.2 Å². The molecule has 154 valence electrons. The van der Waals surface area contributed by atoms with Gasteiger partial charge in [-0.05, 0) is 42.0 Å². The standard InChI is InChI=1S/C21H14FN5O3S/c1-30-11-3-5-15-16(7-11)31-20(25-15)27-18-13(9-23-27)21(8-17(28)26-18)12-6-10(22)2-4-14(12)24-19(21)29/h2-7,9H,8H2,1H3,(H,24,29)(H,26,28)/t21-/m1/s1. The van der Waals surface area contributed by atoms with Crippen LogP contribution in [0.4, 0.5) is 15.9 Å². The molecule has 4 aromatic rings. The normalized spacial score (nSPS) is 19.3. The summed E-state index contributed by atoms with van der Waals surface area (Å²) in [6.07, 6.45) is 1.41. The van der Waals surface area contributed by atoms with E-state index in [9.17, 15) is 14.0 Å². The average Bonchev–Trinajstić information content (AvgIpc) is 3.43. The van der Waals surface area contributed by atoms with Crippen LogP contribution < -0.4 is 15.4 Å². The molecule has 10 heteroatoms. The van der Waals surface area contributed by atoms with Crippen molar-refractivity contribution in [3.8, 4) is 10.9 Å². The molecule has 1 atom stereocenters. The molecule has 0 unspecified atom stereocenters. The van der Waals surface area contributed by atoms with Crippen molar-refractivity contribution in [1.29, 1.82) is 0 Å². The molecule has 31 heavy (non-hydrogen) atoms. The molecule has 2 aromatic carbocycles. The van der Waals surface area contributed by atoms with Crippen LogP contribution in [0.15, 0.2) is 42.6 Å². The summed E-state index contributed by atoms with van der Waals surface area (Å²) in [7, 11) is 1.59. The van der Waals surface area contributed by atoms with Crippen LogP contribution >= 0.6 is 11.3 Å². The van der Waals surface area contributed by atoms with Crippen LogP contribution in [0.2, 0.25) is 0 Å². The van der Waals surface area contributed by atoms with Crippen LogP contribution in [0.25, 0.3) is 15.3 Å². The maximum atomic E-state index is 14.1. The molecule has 0 aliphatic carbocycles. The molecule has 4 heterocycles. The Labute approximate surface area is 178 Å². The predicted octanol–water partition coefficient (Wildman–Crippen LogP) is 3.21. The Morgan fingerprint density at radius 3 is 2.87 bits per heavy atom. The summed E-state index contributed by atoms with van der Waals surface area (Å²) in [5.74, 6) is -0.148. The van der Waals surface area contributed by atoms with E-state index >= 15 is 0 Å². The molecule has 8 nitrogen and oxygen atoms in total. The molecule has 0 radical (unpaired) electrons. The molecule has 2 amide bonds. The largest absolute Gasteiger partial charge is 0.497 e. The van der Waals surface area contributed by atoms with Gasteiger partial charge in [0.2, 0.25) is 16.9 Å². The predicted molar refractivity (Wildman–Crippen MR) is 112 cm³/mol. The summed E-state index contributed by atoms with van der Waals surface area (Å²) in [5, 5.41) is 10.6. The molecule has 2 aromatic heterocycles. The van der Waals surface area contributed by atoms with Crippen molar-refractivity contribution in [2.45, 2.75) is 11.8 Å². The second-order valence-corrected chi connectivity index (χ2v) is 8.43. The summed E-state index contributed by atoms with van der Waals surface area (Å²) in [6.45, 7) is 0. The van der Waals surface area contributed by atoms with Crippen molar-refractivity contribution < 1.29 is 18.7 Å². The third-order valence-electron chi connectivity index (χ3n) is 5.76. The van der Waals surface area contributed by atoms with Gasteiger partial charge in [-0.15, -0.1) is 0 Å². The molecule has 2 aliphatic heterocycles. The highest BCUT2D eigenvalue weighted by Crippen LogP contribution is 2.50. The highest BCUT2D eigenvalue weighted by molar-refractivity contribution is 7.20. The number of halogens is 1. The zero-order chi connectivity index (χ0) is 21.3. The molecule has 6 rings (SSSR count). The maximum absolute atomic E-state index is 14.1. The molecule has 2 aliphatic rings. The third kappa shape index (κ3) is 2.39. The summed E-state index contributed by atoms with van der Waals surface area (Å²) in [6, 6.07) is 9.62. The van der Waals surface area contributed by atoms with E-state index < -0.39 is 11.2 Å². The van der Waals surface area contributed by atoms with Crippen LogP contribution in [-0.4, -0.2) is 33.7 Å². The molecule has 2 N–H and O–H groups in total. The fourth-order valence-electron chi connectivity index (χ4n) is 4.32. The molecule has 0 saturated heterocycles. The van der Waals surface area contributed by atoms with Gasteiger partial charge in [0.15, 0.2) is 0 Å². The number of nitrogens with one attached hydrogen (secondary N) is 2. The average molecular weight is 435 g/mol. The minimum atomic E-state index is -1.34. The van der Waals surface area contributed by atoms with Gasteiger partial charge in [-0.2, -0.15) is 9.78 Å². The fourth-order valence-corrected chi connectivity index (χ4v) is 5.28. The second kappa shape index (κ2) is 6.11. The lowest BCUT2D eigenvalue weighted by molar-refractivity contribution is -0.125. The Morgan fingerprint density at radius 1 is 1.16 bits per heavy atom. The van der Waals surface area contributed by atoms with Crippen molar-refractivity contribution in [3.63, 3.8) is 0 Å². The van der Waals surface area contributed by atoms with Gasteiger partial charge in [0, 0.05) is 17.7 Å². The maximum Gasteiger partial charge on any atom is 0.240 e. The smallest absolute Gasteiger partial charge is 0.240 e. The zero-order valence-corrected chi connectivity index (χ0v) is 16.9. The van der Waals surface area contributed by atoms with E-state index in [1.807, 2.05) is 18.2 Å². The van der Waals surface area contributed by atoms with Gasteiger partial charge in [-0.25, -0.2) is 9.37 Å². The fraction of sp³-hybridized carbons (Fsp3) is 0.143. The summed E-state index contributed by atoms with van der Waals surface area (Å²) in [5.41, 5.74) is 0.848. The van der Waals surface area contributed by atoms with Crippen LogP contribution in [0.3, 0.4) is 0 Å². The highest BCUT2D eigenvalue weighted by Gasteiger charge is 2.54. The third-order valence-corrected chi connectivity index (χ3v) is 6.75. The quantitative estimate of drug-likeness (QED) is 0.504. The van der Waals surface area contributed by atoms with Crippen molar-refractivity contribution in [3.05, 3.63) is 59.5 Å². The van der Waals surface area contributed by atoms with E-state index in [-0.39, 0.29) is 18.2 Å². The number of carbonyl (C=O) groups is 2. The number of ether oxygens (including phenoxy) is 1. The lowest BCUT2D eigenvalue weighted by Crippen LogP contribution is -2.43. The topological polar surface area (TPSA) is 98.1 Å². The lowest BCUT2D eigenvalue weighted by atomic mass is 9.72. The number of methoxy groups -OCH3 is 1. The number of fused-ring (bicyclic) bond motifs is 5. The summed E-state index contributed by atoms with van der Waals surface area (Å²) < 4.78 is 21.7. The van der Waals surface area contributed by atoms with E-state index in [0.29, 0.717) is 33.5 Å². The van der Waals surface area contributed by atoms with Crippen LogP contribution in [0.5, 0.6) is 5.75 Å². The minimum absolute atomic E-state index is 0.134. The Balaban J connectivity index is 1.56. The SMILES string of the molecule is COc1ccc2nc(-n3ncc4c3NC(=O)C[C@]43C(=O)Nc4ccc(F)cc43)sc2c1. The van der Waals surface area contributed by atoms with E-state index in [2.05, 4.69) is 20.7 Å². The number of amides is 2. The number of thiazole rings is 1. The van der Waals surface area contributed by atoms with Crippen molar-refractivity contribution in [2.24, 2.45) is 0 Å². The van der Waals surface area contributed by atoms with E-state index in [4.69, 9.17) is 4.74 Å². The van der Waals surface area contributed by atoms with Gasteiger partial charge in [-0.1, -0.05) is 11.3 Å². The highest BCUT2D eigenvalue weighted by atomic mass is 32.1. The van der Waals surface area contributed by atoms with Crippen LogP contribution in [0, 0.1) is 5.82 Å². The number of hydrogen-bond acceptors (Lipinski definition) is 6. The van der Waals surface area contributed by atoms with E-state index in [1.54, 1.807) is 13.3 Å². The number of anilines is 2. The number of benzene rings is 2. The van der Waals surface area contributed by atoms with Gasteiger partial charge in [-0.3, -0.25) is 9.59 Å². The van der Waals surface area contributed by atoms with Crippen LogP contribution in [-0.2, 0) is 15.0 Å². The Kier molecular flexibility index (Phi) is 3.55. The first-order valence-corrected chi connectivity index (χ1v) is 10.3. The first-order chi connectivity index (χ1) is 15.0. The first-order valence-electron chi connectivity index (χ1n) is 9.44. The number of rotatable bonds is 2. The zero-order valence-electron chi connectivity index (χ0n) is 16.1. The van der Waals surface area contributed by atoms with Gasteiger partial charge < -0.3 is 15.4 Å². The van der Waals surface area contributed by atoms with Gasteiger partial charge in [0.25, 0.3) is 0 Å². The Hall–Kier alpha value is -3.79. The second-order valence-electron chi connectivity index (χ2n) is 7.42. The van der Waals surface area contributed by atoms with Crippen LogP contribution in [0.1, 0.15) is 17.5 Å². The first kappa shape index (κ1) is 18.0. The number of aromatic nitrogens is 3.